The fourth-order valence-corrected chi connectivity index (χ4v) is 1.76. The van der Waals surface area contributed by atoms with Crippen LogP contribution >= 0.6 is 0 Å². The summed E-state index contributed by atoms with van der Waals surface area (Å²) < 4.78 is 0. The number of rotatable bonds is 5. The molecule has 0 bridgehead atoms. The first kappa shape index (κ1) is 13.4. The van der Waals surface area contributed by atoms with Gasteiger partial charge in [0.2, 0.25) is 0 Å². The van der Waals surface area contributed by atoms with Gasteiger partial charge in [-0.05, 0) is 19.1 Å². The van der Waals surface area contributed by atoms with Gasteiger partial charge in [-0.2, -0.15) is 10.2 Å². The molecule has 0 amide bonds. The molecule has 0 aliphatic heterocycles. The molecule has 2 aromatic heterocycles. The van der Waals surface area contributed by atoms with Gasteiger partial charge in [-0.25, -0.2) is 0 Å². The van der Waals surface area contributed by atoms with Crippen molar-refractivity contribution in [3.63, 3.8) is 0 Å². The number of aromatic nitrogens is 3. The highest BCUT2D eigenvalue weighted by molar-refractivity contribution is 5.40. The number of hydrogen-bond acceptors (Lipinski definition) is 6. The van der Waals surface area contributed by atoms with Crippen LogP contribution in [0.25, 0.3) is 0 Å². The van der Waals surface area contributed by atoms with Gasteiger partial charge in [0, 0.05) is 36.6 Å². The first-order valence-electron chi connectivity index (χ1n) is 5.97. The average Bonchev–Trinajstić information content (AvgIpc) is 2.45. The molecule has 0 saturated heterocycles. The predicted octanol–water partition coefficient (Wildman–Crippen LogP) is 0.668. The van der Waals surface area contributed by atoms with Crippen LogP contribution in [0.15, 0.2) is 24.5 Å². The maximum atomic E-state index is 9.97. The Balaban J connectivity index is 2.05. The second-order valence-corrected chi connectivity index (χ2v) is 4.17. The third-order valence-electron chi connectivity index (χ3n) is 2.84. The number of nitrogens with one attached hydrogen (secondary N) is 1. The highest BCUT2D eigenvalue weighted by atomic mass is 16.3. The summed E-state index contributed by atoms with van der Waals surface area (Å²) in [5.41, 5.74) is 2.65. The van der Waals surface area contributed by atoms with E-state index in [9.17, 15) is 10.2 Å². The van der Waals surface area contributed by atoms with E-state index in [1.54, 1.807) is 19.3 Å². The molecule has 0 atom stereocenters. The van der Waals surface area contributed by atoms with E-state index >= 15 is 0 Å². The summed E-state index contributed by atoms with van der Waals surface area (Å²) in [7, 11) is 0. The van der Waals surface area contributed by atoms with Gasteiger partial charge >= 0.3 is 0 Å². The Hall–Kier alpha value is -2.05. The summed E-state index contributed by atoms with van der Waals surface area (Å²) in [6.45, 7) is 2.55. The molecule has 2 heterocycles. The minimum absolute atomic E-state index is 0.123. The molecule has 0 aliphatic rings. The molecule has 19 heavy (non-hydrogen) atoms. The van der Waals surface area contributed by atoms with E-state index in [1.165, 1.54) is 0 Å². The monoisotopic (exact) mass is 260 g/mol. The van der Waals surface area contributed by atoms with Crippen molar-refractivity contribution >= 4 is 0 Å². The first-order valence-corrected chi connectivity index (χ1v) is 5.97. The van der Waals surface area contributed by atoms with Crippen LogP contribution in [0.5, 0.6) is 5.75 Å². The highest BCUT2D eigenvalue weighted by Gasteiger charge is 2.10. The van der Waals surface area contributed by atoms with Crippen LogP contribution in [-0.2, 0) is 19.7 Å². The van der Waals surface area contributed by atoms with Crippen LogP contribution in [0.1, 0.15) is 22.5 Å². The average molecular weight is 260 g/mol. The van der Waals surface area contributed by atoms with Crippen LogP contribution in [0, 0.1) is 6.92 Å². The lowest BCUT2D eigenvalue weighted by Gasteiger charge is -2.12. The number of aryl methyl sites for hydroxylation is 1. The first-order chi connectivity index (χ1) is 9.22. The number of aromatic hydroxyl groups is 1. The number of hydrogen-bond donors (Lipinski definition) is 3. The molecule has 0 radical (unpaired) electrons. The largest absolute Gasteiger partial charge is 0.506 e. The van der Waals surface area contributed by atoms with Crippen LogP contribution in [0.2, 0.25) is 0 Å². The third-order valence-corrected chi connectivity index (χ3v) is 2.84. The SMILES string of the molecule is Cc1ncc(CO)c(CNCc2cccnn2)c1O. The summed E-state index contributed by atoms with van der Waals surface area (Å²) in [6.07, 6.45) is 3.19. The summed E-state index contributed by atoms with van der Waals surface area (Å²) in [6, 6.07) is 3.68. The van der Waals surface area contributed by atoms with Crippen molar-refractivity contribution < 1.29 is 10.2 Å². The Kier molecular flexibility index (Phi) is 4.38. The van der Waals surface area contributed by atoms with Crippen molar-refractivity contribution in [2.24, 2.45) is 0 Å². The molecule has 100 valence electrons. The molecular weight excluding hydrogens is 244 g/mol. The van der Waals surface area contributed by atoms with Crippen LogP contribution < -0.4 is 5.32 Å². The van der Waals surface area contributed by atoms with E-state index in [0.29, 0.717) is 29.9 Å². The Labute approximate surface area is 111 Å². The zero-order chi connectivity index (χ0) is 13.7. The van der Waals surface area contributed by atoms with E-state index in [0.717, 1.165) is 5.69 Å². The van der Waals surface area contributed by atoms with Crippen LogP contribution in [0.3, 0.4) is 0 Å². The van der Waals surface area contributed by atoms with Gasteiger partial charge in [-0.1, -0.05) is 0 Å². The second-order valence-electron chi connectivity index (χ2n) is 4.17. The van der Waals surface area contributed by atoms with Gasteiger partial charge in [0.1, 0.15) is 5.75 Å². The molecule has 0 saturated carbocycles. The smallest absolute Gasteiger partial charge is 0.141 e. The Morgan fingerprint density at radius 1 is 1.32 bits per heavy atom. The summed E-state index contributed by atoms with van der Waals surface area (Å²) in [4.78, 5) is 4.02. The van der Waals surface area contributed by atoms with Crippen molar-refractivity contribution in [3.8, 4) is 5.75 Å². The molecule has 0 unspecified atom stereocenters. The minimum atomic E-state index is -0.150. The third kappa shape index (κ3) is 3.24. The summed E-state index contributed by atoms with van der Waals surface area (Å²) in [5, 5.41) is 30.1. The number of pyridine rings is 1. The second kappa shape index (κ2) is 6.21. The maximum absolute atomic E-state index is 9.97. The van der Waals surface area contributed by atoms with Gasteiger partial charge < -0.3 is 15.5 Å². The maximum Gasteiger partial charge on any atom is 0.141 e. The van der Waals surface area contributed by atoms with E-state index in [4.69, 9.17) is 0 Å². The van der Waals surface area contributed by atoms with Crippen molar-refractivity contribution in [1.29, 1.82) is 0 Å². The number of aliphatic hydroxyl groups excluding tert-OH is 1. The van der Waals surface area contributed by atoms with Gasteiger partial charge in [0.25, 0.3) is 0 Å². The lowest BCUT2D eigenvalue weighted by molar-refractivity contribution is 0.278. The molecular formula is C13H16N4O2. The Bertz CT molecular complexity index is 546. The molecule has 0 fully saturated rings. The van der Waals surface area contributed by atoms with E-state index < -0.39 is 0 Å². The van der Waals surface area contributed by atoms with Gasteiger partial charge in [0.05, 0.1) is 18.0 Å². The summed E-state index contributed by atoms with van der Waals surface area (Å²) in [5.74, 6) is 0.123. The quantitative estimate of drug-likeness (QED) is 0.732. The normalized spacial score (nSPS) is 10.6. The lowest BCUT2D eigenvalue weighted by atomic mass is 10.1. The van der Waals surface area contributed by atoms with Crippen molar-refractivity contribution in [1.82, 2.24) is 20.5 Å². The Morgan fingerprint density at radius 2 is 2.16 bits per heavy atom. The standard InChI is InChI=1S/C13H16N4O2/c1-9-13(19)12(10(8-18)5-15-9)7-14-6-11-3-2-4-16-17-11/h2-5,14,18-19H,6-8H2,1H3. The number of nitrogens with zero attached hydrogens (tertiary/aromatic N) is 3. The van der Waals surface area contributed by atoms with Crippen molar-refractivity contribution in [2.75, 3.05) is 0 Å². The van der Waals surface area contributed by atoms with Gasteiger partial charge in [-0.3, -0.25) is 4.98 Å². The Morgan fingerprint density at radius 3 is 2.84 bits per heavy atom. The predicted molar refractivity (Wildman–Crippen MR) is 69.1 cm³/mol. The van der Waals surface area contributed by atoms with E-state index in [2.05, 4.69) is 20.5 Å². The molecule has 6 heteroatoms. The van der Waals surface area contributed by atoms with Crippen LogP contribution in [0.4, 0.5) is 0 Å². The van der Waals surface area contributed by atoms with E-state index in [-0.39, 0.29) is 12.4 Å². The fraction of sp³-hybridized carbons (Fsp3) is 0.308. The van der Waals surface area contributed by atoms with Gasteiger partial charge in [-0.15, -0.1) is 0 Å². The molecule has 2 aromatic rings. The molecule has 6 nitrogen and oxygen atoms in total. The molecule has 0 spiro atoms. The molecule has 0 aliphatic carbocycles. The van der Waals surface area contributed by atoms with E-state index in [1.807, 2.05) is 12.1 Å². The van der Waals surface area contributed by atoms with Crippen molar-refractivity contribution in [2.45, 2.75) is 26.6 Å². The fourth-order valence-electron chi connectivity index (χ4n) is 1.76. The van der Waals surface area contributed by atoms with Crippen molar-refractivity contribution in [3.05, 3.63) is 47.0 Å². The number of aliphatic hydroxyl groups is 1. The minimum Gasteiger partial charge on any atom is -0.506 e. The van der Waals surface area contributed by atoms with Gasteiger partial charge in [0.15, 0.2) is 0 Å². The highest BCUT2D eigenvalue weighted by Crippen LogP contribution is 2.23. The topological polar surface area (TPSA) is 91.2 Å². The zero-order valence-corrected chi connectivity index (χ0v) is 10.7. The summed E-state index contributed by atoms with van der Waals surface area (Å²) >= 11 is 0. The zero-order valence-electron chi connectivity index (χ0n) is 10.7. The lowest BCUT2D eigenvalue weighted by Crippen LogP contribution is -2.16. The molecule has 2 rings (SSSR count). The molecule has 3 N–H and O–H groups in total. The molecule has 0 aromatic carbocycles. The van der Waals surface area contributed by atoms with Crippen LogP contribution in [-0.4, -0.2) is 25.4 Å².